The van der Waals surface area contributed by atoms with Crippen LogP contribution >= 0.6 is 0 Å². The maximum Gasteiger partial charge on any atom is 0.308 e. The SMILES string of the molecule is CC(=O)Oc1ccc(C(=O)Nc2cc([N+](=O)[O-])ccc2OC(C)=O)cc1. The van der Waals surface area contributed by atoms with Crippen LogP contribution in [-0.4, -0.2) is 22.8 Å². The average Bonchev–Trinajstić information content (AvgIpc) is 2.55. The molecule has 0 heterocycles. The molecule has 0 unspecified atom stereocenters. The molecule has 9 nitrogen and oxygen atoms in total. The summed E-state index contributed by atoms with van der Waals surface area (Å²) in [6.45, 7) is 2.42. The van der Waals surface area contributed by atoms with Gasteiger partial charge in [-0.1, -0.05) is 0 Å². The second-order valence-electron chi connectivity index (χ2n) is 5.10. The van der Waals surface area contributed by atoms with Gasteiger partial charge in [0.25, 0.3) is 11.6 Å². The van der Waals surface area contributed by atoms with Gasteiger partial charge in [0.2, 0.25) is 0 Å². The molecule has 1 N–H and O–H groups in total. The van der Waals surface area contributed by atoms with E-state index in [1.54, 1.807) is 0 Å². The Morgan fingerprint density at radius 3 is 2.12 bits per heavy atom. The summed E-state index contributed by atoms with van der Waals surface area (Å²) in [5.74, 6) is -1.48. The van der Waals surface area contributed by atoms with Crippen molar-refractivity contribution in [2.45, 2.75) is 13.8 Å². The third kappa shape index (κ3) is 4.87. The van der Waals surface area contributed by atoms with E-state index in [1.807, 2.05) is 0 Å². The van der Waals surface area contributed by atoms with Crippen LogP contribution in [0.15, 0.2) is 42.5 Å². The Kier molecular flexibility index (Phi) is 5.63. The Morgan fingerprint density at radius 1 is 0.962 bits per heavy atom. The first-order chi connectivity index (χ1) is 12.3. The Labute approximate surface area is 147 Å². The van der Waals surface area contributed by atoms with Crippen molar-refractivity contribution in [2.24, 2.45) is 0 Å². The average molecular weight is 358 g/mol. The van der Waals surface area contributed by atoms with Gasteiger partial charge in [0.05, 0.1) is 10.6 Å². The minimum Gasteiger partial charge on any atom is -0.427 e. The number of hydrogen-bond acceptors (Lipinski definition) is 7. The van der Waals surface area contributed by atoms with Crippen LogP contribution in [-0.2, 0) is 9.59 Å². The van der Waals surface area contributed by atoms with Gasteiger partial charge >= 0.3 is 11.9 Å². The van der Waals surface area contributed by atoms with Crippen LogP contribution in [0.5, 0.6) is 11.5 Å². The first-order valence-corrected chi connectivity index (χ1v) is 7.33. The van der Waals surface area contributed by atoms with E-state index >= 15 is 0 Å². The summed E-state index contributed by atoms with van der Waals surface area (Å²) in [4.78, 5) is 44.7. The molecule has 2 rings (SSSR count). The molecule has 0 saturated heterocycles. The van der Waals surface area contributed by atoms with Crippen molar-refractivity contribution in [3.8, 4) is 11.5 Å². The molecule has 0 aliphatic rings. The maximum absolute atomic E-state index is 12.3. The van der Waals surface area contributed by atoms with E-state index in [2.05, 4.69) is 5.32 Å². The number of carbonyl (C=O) groups is 3. The fourth-order valence-electron chi connectivity index (χ4n) is 2.01. The van der Waals surface area contributed by atoms with Crippen molar-refractivity contribution in [2.75, 3.05) is 5.32 Å². The second kappa shape index (κ2) is 7.88. The Morgan fingerprint density at radius 2 is 1.58 bits per heavy atom. The van der Waals surface area contributed by atoms with Gasteiger partial charge in [-0.05, 0) is 30.3 Å². The van der Waals surface area contributed by atoms with Gasteiger partial charge in [0.1, 0.15) is 5.75 Å². The highest BCUT2D eigenvalue weighted by atomic mass is 16.6. The van der Waals surface area contributed by atoms with Crippen LogP contribution in [0.2, 0.25) is 0 Å². The minimum absolute atomic E-state index is 0.0204. The van der Waals surface area contributed by atoms with E-state index in [0.29, 0.717) is 0 Å². The molecule has 1 amide bonds. The van der Waals surface area contributed by atoms with Crippen LogP contribution in [0.25, 0.3) is 0 Å². The molecule has 0 aliphatic carbocycles. The zero-order chi connectivity index (χ0) is 19.3. The Bertz CT molecular complexity index is 875. The summed E-state index contributed by atoms with van der Waals surface area (Å²) < 4.78 is 9.82. The lowest BCUT2D eigenvalue weighted by molar-refractivity contribution is -0.384. The summed E-state index contributed by atoms with van der Waals surface area (Å²) in [6.07, 6.45) is 0. The predicted molar refractivity (Wildman–Crippen MR) is 90.1 cm³/mol. The number of ether oxygens (including phenoxy) is 2. The smallest absolute Gasteiger partial charge is 0.308 e. The first-order valence-electron chi connectivity index (χ1n) is 7.33. The van der Waals surface area contributed by atoms with Gasteiger partial charge < -0.3 is 14.8 Å². The number of nitrogens with zero attached hydrogens (tertiary/aromatic N) is 1. The number of nitro benzene ring substituents is 1. The summed E-state index contributed by atoms with van der Waals surface area (Å²) in [5, 5.41) is 13.4. The molecule has 0 bridgehead atoms. The van der Waals surface area contributed by atoms with Crippen molar-refractivity contribution in [1.82, 2.24) is 0 Å². The lowest BCUT2D eigenvalue weighted by Crippen LogP contribution is -2.14. The Hall–Kier alpha value is -3.75. The topological polar surface area (TPSA) is 125 Å². The molecule has 0 atom stereocenters. The zero-order valence-electron chi connectivity index (χ0n) is 13.8. The van der Waals surface area contributed by atoms with Crippen LogP contribution in [0, 0.1) is 10.1 Å². The Balaban J connectivity index is 2.26. The highest BCUT2D eigenvalue weighted by Crippen LogP contribution is 2.30. The molecule has 0 aromatic heterocycles. The van der Waals surface area contributed by atoms with E-state index in [-0.39, 0.29) is 28.4 Å². The molecule has 0 fully saturated rings. The van der Waals surface area contributed by atoms with Gasteiger partial charge in [0, 0.05) is 31.5 Å². The van der Waals surface area contributed by atoms with Crippen molar-refractivity contribution >= 4 is 29.2 Å². The summed E-state index contributed by atoms with van der Waals surface area (Å²) in [6, 6.07) is 9.14. The van der Waals surface area contributed by atoms with E-state index in [9.17, 15) is 24.5 Å². The van der Waals surface area contributed by atoms with Crippen LogP contribution in [0.1, 0.15) is 24.2 Å². The van der Waals surface area contributed by atoms with Crippen molar-refractivity contribution in [3.63, 3.8) is 0 Å². The standard InChI is InChI=1S/C17H14N2O7/c1-10(20)25-14-6-3-12(4-7-14)17(22)18-15-9-13(19(23)24)5-8-16(15)26-11(2)21/h3-9H,1-2H3,(H,18,22). The maximum atomic E-state index is 12.3. The van der Waals surface area contributed by atoms with Crippen molar-refractivity contribution in [1.29, 1.82) is 0 Å². The highest BCUT2D eigenvalue weighted by Gasteiger charge is 2.16. The number of non-ortho nitro benzene ring substituents is 1. The summed E-state index contributed by atoms with van der Waals surface area (Å²) in [7, 11) is 0. The van der Waals surface area contributed by atoms with Gasteiger partial charge in [-0.2, -0.15) is 0 Å². The third-order valence-corrected chi connectivity index (χ3v) is 3.05. The molecule has 0 aliphatic heterocycles. The molecule has 2 aromatic carbocycles. The molecular formula is C17H14N2O7. The number of amides is 1. The lowest BCUT2D eigenvalue weighted by Gasteiger charge is -2.11. The first kappa shape index (κ1) is 18.6. The molecule has 26 heavy (non-hydrogen) atoms. The van der Waals surface area contributed by atoms with Crippen molar-refractivity contribution in [3.05, 3.63) is 58.1 Å². The number of rotatable bonds is 5. The third-order valence-electron chi connectivity index (χ3n) is 3.05. The van der Waals surface area contributed by atoms with Crippen LogP contribution in [0.4, 0.5) is 11.4 Å². The highest BCUT2D eigenvalue weighted by molar-refractivity contribution is 6.05. The largest absolute Gasteiger partial charge is 0.427 e. The van der Waals surface area contributed by atoms with Crippen LogP contribution < -0.4 is 14.8 Å². The number of nitro groups is 1. The lowest BCUT2D eigenvalue weighted by atomic mass is 10.2. The molecule has 0 spiro atoms. The van der Waals surface area contributed by atoms with Gasteiger partial charge in [-0.15, -0.1) is 0 Å². The zero-order valence-corrected chi connectivity index (χ0v) is 13.8. The van der Waals surface area contributed by atoms with E-state index < -0.39 is 22.8 Å². The quantitative estimate of drug-likeness (QED) is 0.377. The van der Waals surface area contributed by atoms with Crippen molar-refractivity contribution < 1.29 is 28.8 Å². The van der Waals surface area contributed by atoms with Gasteiger partial charge in [0.15, 0.2) is 5.75 Å². The molecule has 2 aromatic rings. The minimum atomic E-state index is -0.639. The number of nitrogens with one attached hydrogen (secondary N) is 1. The van der Waals surface area contributed by atoms with E-state index in [0.717, 1.165) is 12.1 Å². The number of esters is 2. The number of benzene rings is 2. The number of hydrogen-bond donors (Lipinski definition) is 1. The number of anilines is 1. The normalized spacial score (nSPS) is 9.92. The van der Waals surface area contributed by atoms with E-state index in [4.69, 9.17) is 9.47 Å². The molecular weight excluding hydrogens is 344 g/mol. The van der Waals surface area contributed by atoms with Crippen LogP contribution in [0.3, 0.4) is 0 Å². The molecule has 0 saturated carbocycles. The monoisotopic (exact) mass is 358 g/mol. The molecule has 134 valence electrons. The van der Waals surface area contributed by atoms with Gasteiger partial charge in [-0.3, -0.25) is 24.5 Å². The summed E-state index contributed by atoms with van der Waals surface area (Å²) >= 11 is 0. The molecule has 9 heteroatoms. The second-order valence-corrected chi connectivity index (χ2v) is 5.10. The predicted octanol–water partition coefficient (Wildman–Crippen LogP) is 2.70. The van der Waals surface area contributed by atoms with Gasteiger partial charge in [-0.25, -0.2) is 0 Å². The fraction of sp³-hybridized carbons (Fsp3) is 0.118. The summed E-state index contributed by atoms with van der Waals surface area (Å²) in [5.41, 5.74) is -0.0916. The van der Waals surface area contributed by atoms with E-state index in [1.165, 1.54) is 44.2 Å². The fourth-order valence-corrected chi connectivity index (χ4v) is 2.01. The molecule has 0 radical (unpaired) electrons. The number of carbonyl (C=O) groups excluding carboxylic acids is 3.